The lowest BCUT2D eigenvalue weighted by Gasteiger charge is -2.34. The molecule has 198 valence electrons. The van der Waals surface area contributed by atoms with Crippen LogP contribution < -0.4 is 0 Å². The maximum absolute atomic E-state index is 13.7. The van der Waals surface area contributed by atoms with Gasteiger partial charge in [0.05, 0.1) is 5.71 Å². The van der Waals surface area contributed by atoms with Gasteiger partial charge in [0.25, 0.3) is 0 Å². The highest BCUT2D eigenvalue weighted by Gasteiger charge is 2.32. The van der Waals surface area contributed by atoms with Crippen LogP contribution in [0.3, 0.4) is 0 Å². The Bertz CT molecular complexity index is 844. The third-order valence-corrected chi connectivity index (χ3v) is 7.82. The van der Waals surface area contributed by atoms with E-state index in [4.69, 9.17) is 9.99 Å². The van der Waals surface area contributed by atoms with Crippen molar-refractivity contribution in [1.29, 1.82) is 0 Å². The number of benzene rings is 2. The van der Waals surface area contributed by atoms with Crippen LogP contribution in [0.25, 0.3) is 0 Å². The van der Waals surface area contributed by atoms with Crippen molar-refractivity contribution in [2.75, 3.05) is 0 Å². The van der Waals surface area contributed by atoms with Gasteiger partial charge in [0.15, 0.2) is 0 Å². The van der Waals surface area contributed by atoms with Crippen molar-refractivity contribution in [3.05, 3.63) is 71.5 Å². The third kappa shape index (κ3) is 10.4. The van der Waals surface area contributed by atoms with Gasteiger partial charge in [-0.05, 0) is 48.4 Å². The summed E-state index contributed by atoms with van der Waals surface area (Å²) in [5, 5.41) is 4.69. The van der Waals surface area contributed by atoms with E-state index in [1.165, 1.54) is 96.3 Å². The monoisotopic (exact) mass is 493 g/mol. The molecule has 1 aliphatic rings. The second kappa shape index (κ2) is 17.3. The third-order valence-electron chi connectivity index (χ3n) is 7.82. The SMILES string of the molecule is CCCCCCCCCCCCCCC(/C(=N/OCc1ccccc1)c1ccc(F)cc1)C1CCC1. The number of unbranched alkanes of at least 4 members (excludes halogenated alkanes) is 11. The molecule has 0 spiro atoms. The van der Waals surface area contributed by atoms with Crippen LogP contribution in [0.15, 0.2) is 59.8 Å². The first-order valence-corrected chi connectivity index (χ1v) is 14.8. The van der Waals surface area contributed by atoms with Crippen LogP contribution in [0.4, 0.5) is 4.39 Å². The molecule has 0 heterocycles. The zero-order valence-corrected chi connectivity index (χ0v) is 22.6. The second-order valence-corrected chi connectivity index (χ2v) is 10.7. The summed E-state index contributed by atoms with van der Waals surface area (Å²) in [6.45, 7) is 2.74. The molecule has 2 aromatic rings. The maximum atomic E-state index is 13.7. The molecule has 1 fully saturated rings. The molecule has 0 bridgehead atoms. The van der Waals surface area contributed by atoms with Gasteiger partial charge in [-0.25, -0.2) is 4.39 Å². The lowest BCUT2D eigenvalue weighted by molar-refractivity contribution is 0.126. The highest BCUT2D eigenvalue weighted by molar-refractivity contribution is 6.02. The minimum Gasteiger partial charge on any atom is -0.391 e. The fourth-order valence-corrected chi connectivity index (χ4v) is 5.35. The predicted molar refractivity (Wildman–Crippen MR) is 151 cm³/mol. The van der Waals surface area contributed by atoms with Gasteiger partial charge < -0.3 is 4.84 Å². The predicted octanol–water partition coefficient (Wildman–Crippen LogP) is 10.3. The van der Waals surface area contributed by atoms with E-state index in [2.05, 4.69) is 19.1 Å². The van der Waals surface area contributed by atoms with Crippen molar-refractivity contribution in [1.82, 2.24) is 0 Å². The summed E-state index contributed by atoms with van der Waals surface area (Å²) in [5.74, 6) is 0.856. The highest BCUT2D eigenvalue weighted by Crippen LogP contribution is 2.38. The summed E-state index contributed by atoms with van der Waals surface area (Å²) in [5.41, 5.74) is 3.12. The van der Waals surface area contributed by atoms with E-state index >= 15 is 0 Å². The molecule has 1 aliphatic carbocycles. The average molecular weight is 494 g/mol. The fourth-order valence-electron chi connectivity index (χ4n) is 5.35. The van der Waals surface area contributed by atoms with Crippen LogP contribution in [-0.2, 0) is 11.4 Å². The summed E-state index contributed by atoms with van der Waals surface area (Å²) in [7, 11) is 0. The van der Waals surface area contributed by atoms with Gasteiger partial charge in [-0.2, -0.15) is 0 Å². The Morgan fingerprint density at radius 2 is 1.39 bits per heavy atom. The van der Waals surface area contributed by atoms with Crippen molar-refractivity contribution < 1.29 is 9.23 Å². The van der Waals surface area contributed by atoms with Crippen molar-refractivity contribution >= 4 is 5.71 Å². The Morgan fingerprint density at radius 3 is 1.94 bits per heavy atom. The summed E-state index contributed by atoms with van der Waals surface area (Å²) < 4.78 is 13.7. The first kappa shape index (κ1) is 28.4. The van der Waals surface area contributed by atoms with Crippen LogP contribution in [0.5, 0.6) is 0 Å². The summed E-state index contributed by atoms with van der Waals surface area (Å²) >= 11 is 0. The Labute approximate surface area is 219 Å². The zero-order valence-electron chi connectivity index (χ0n) is 22.6. The van der Waals surface area contributed by atoms with Crippen molar-refractivity contribution in [3.8, 4) is 0 Å². The van der Waals surface area contributed by atoms with Gasteiger partial charge in [-0.1, -0.05) is 138 Å². The molecule has 3 heteroatoms. The number of hydrogen-bond acceptors (Lipinski definition) is 2. The summed E-state index contributed by atoms with van der Waals surface area (Å²) in [6.07, 6.45) is 21.4. The smallest absolute Gasteiger partial charge is 0.142 e. The molecule has 1 saturated carbocycles. The summed E-state index contributed by atoms with van der Waals surface area (Å²) in [4.78, 5) is 5.87. The lowest BCUT2D eigenvalue weighted by atomic mass is 9.71. The van der Waals surface area contributed by atoms with Crippen LogP contribution in [0.1, 0.15) is 121 Å². The number of nitrogens with zero attached hydrogens (tertiary/aromatic N) is 1. The molecule has 0 aromatic heterocycles. The molecule has 3 rings (SSSR count). The van der Waals surface area contributed by atoms with E-state index in [0.717, 1.165) is 23.3 Å². The average Bonchev–Trinajstić information content (AvgIpc) is 2.87. The number of rotatable bonds is 19. The van der Waals surface area contributed by atoms with Gasteiger partial charge in [0.1, 0.15) is 12.4 Å². The van der Waals surface area contributed by atoms with Crippen molar-refractivity contribution in [2.24, 2.45) is 17.0 Å². The van der Waals surface area contributed by atoms with Gasteiger partial charge in [-0.15, -0.1) is 0 Å². The van der Waals surface area contributed by atoms with E-state index < -0.39 is 0 Å². The van der Waals surface area contributed by atoms with Gasteiger partial charge in [0.2, 0.25) is 0 Å². The topological polar surface area (TPSA) is 21.6 Å². The molecule has 2 aromatic carbocycles. The van der Waals surface area contributed by atoms with Gasteiger partial charge in [0, 0.05) is 5.92 Å². The largest absolute Gasteiger partial charge is 0.391 e. The minimum atomic E-state index is -0.204. The van der Waals surface area contributed by atoms with E-state index in [0.29, 0.717) is 18.4 Å². The number of oxime groups is 1. The molecule has 0 aliphatic heterocycles. The molecule has 36 heavy (non-hydrogen) atoms. The zero-order chi connectivity index (χ0) is 25.3. The van der Waals surface area contributed by atoms with Gasteiger partial charge >= 0.3 is 0 Å². The second-order valence-electron chi connectivity index (χ2n) is 10.7. The first-order chi connectivity index (χ1) is 17.8. The van der Waals surface area contributed by atoms with Crippen molar-refractivity contribution in [3.63, 3.8) is 0 Å². The molecule has 0 radical (unpaired) electrons. The molecule has 2 nitrogen and oxygen atoms in total. The van der Waals surface area contributed by atoms with E-state index in [9.17, 15) is 4.39 Å². The normalized spacial score (nSPS) is 15.0. The first-order valence-electron chi connectivity index (χ1n) is 14.8. The van der Waals surface area contributed by atoms with Gasteiger partial charge in [-0.3, -0.25) is 0 Å². The van der Waals surface area contributed by atoms with Crippen LogP contribution in [-0.4, -0.2) is 5.71 Å². The number of hydrogen-bond donors (Lipinski definition) is 0. The van der Waals surface area contributed by atoms with E-state index in [1.54, 1.807) is 12.1 Å². The fraction of sp³-hybridized carbons (Fsp3) is 0.606. The molecule has 0 saturated heterocycles. The molecule has 1 atom stereocenters. The number of halogens is 1. The Balaban J connectivity index is 1.48. The Morgan fingerprint density at radius 1 is 0.806 bits per heavy atom. The Kier molecular flexibility index (Phi) is 13.7. The molecule has 0 N–H and O–H groups in total. The standard InChI is InChI=1S/C33H48FNO/c1-2-3-4-5-6-7-8-9-10-11-12-16-22-32(29-20-17-21-29)33(30-23-25-31(34)26-24-30)35-36-27-28-18-14-13-15-19-28/h13-15,18-19,23-26,29,32H,2-12,16-17,20-22,27H2,1H3/b35-33+. The molecular weight excluding hydrogens is 445 g/mol. The maximum Gasteiger partial charge on any atom is 0.142 e. The van der Waals surface area contributed by atoms with Crippen LogP contribution >= 0.6 is 0 Å². The summed E-state index contributed by atoms with van der Waals surface area (Å²) in [6, 6.07) is 17.0. The van der Waals surface area contributed by atoms with Crippen LogP contribution in [0, 0.1) is 17.7 Å². The lowest BCUT2D eigenvalue weighted by Crippen LogP contribution is -2.30. The minimum absolute atomic E-state index is 0.204. The van der Waals surface area contributed by atoms with Crippen LogP contribution in [0.2, 0.25) is 0 Å². The molecule has 0 amide bonds. The Hall–Kier alpha value is -2.16. The molecule has 1 unspecified atom stereocenters. The molecular formula is C33H48FNO. The quantitative estimate of drug-likeness (QED) is 0.108. The highest BCUT2D eigenvalue weighted by atomic mass is 19.1. The van der Waals surface area contributed by atoms with Crippen molar-refractivity contribution in [2.45, 2.75) is 116 Å². The van der Waals surface area contributed by atoms with E-state index in [1.807, 2.05) is 30.3 Å². The van der Waals surface area contributed by atoms with E-state index in [-0.39, 0.29) is 5.82 Å².